The van der Waals surface area contributed by atoms with Crippen LogP contribution in [0.2, 0.25) is 0 Å². The number of ether oxygens (including phenoxy) is 2. The van der Waals surface area contributed by atoms with Gasteiger partial charge in [-0.05, 0) is 49.3 Å². The van der Waals surface area contributed by atoms with Crippen molar-refractivity contribution >= 4 is 11.8 Å². The van der Waals surface area contributed by atoms with E-state index < -0.39 is 11.9 Å². The van der Waals surface area contributed by atoms with E-state index in [1.54, 1.807) is 18.2 Å². The molecule has 1 aliphatic carbocycles. The average molecular weight is 411 g/mol. The number of benzene rings is 1. The number of hydrogen-bond acceptors (Lipinski definition) is 6. The van der Waals surface area contributed by atoms with Gasteiger partial charge in [0.25, 0.3) is 0 Å². The summed E-state index contributed by atoms with van der Waals surface area (Å²) in [4.78, 5) is 26.4. The second kappa shape index (κ2) is 7.91. The van der Waals surface area contributed by atoms with Crippen LogP contribution in [0.5, 0.6) is 5.75 Å². The highest BCUT2D eigenvalue weighted by Gasteiger charge is 2.43. The van der Waals surface area contributed by atoms with Gasteiger partial charge in [-0.15, -0.1) is 0 Å². The lowest BCUT2D eigenvalue weighted by Crippen LogP contribution is -2.39. The van der Waals surface area contributed by atoms with Gasteiger partial charge < -0.3 is 19.9 Å². The predicted molar refractivity (Wildman–Crippen MR) is 112 cm³/mol. The third kappa shape index (κ3) is 4.01. The zero-order valence-electron chi connectivity index (χ0n) is 17.8. The van der Waals surface area contributed by atoms with Gasteiger partial charge in [0.2, 0.25) is 0 Å². The summed E-state index contributed by atoms with van der Waals surface area (Å²) in [5, 5.41) is 13.4. The number of Topliss-reactive ketones (excluding diaryl/α,β-unsaturated/α-hetero) is 1. The number of carbonyl (C=O) groups is 2. The molecule has 0 spiro atoms. The van der Waals surface area contributed by atoms with Crippen LogP contribution in [0.4, 0.5) is 0 Å². The van der Waals surface area contributed by atoms with Crippen LogP contribution < -0.4 is 5.32 Å². The molecule has 6 nitrogen and oxygen atoms in total. The fourth-order valence-corrected chi connectivity index (χ4v) is 4.77. The van der Waals surface area contributed by atoms with Gasteiger partial charge >= 0.3 is 5.97 Å². The molecule has 2 atom stereocenters. The number of carbonyl (C=O) groups excluding carboxylic acids is 2. The number of dihydropyridines is 1. The molecule has 1 aromatic carbocycles. The molecular weight excluding hydrogens is 382 g/mol. The van der Waals surface area contributed by atoms with E-state index in [9.17, 15) is 14.7 Å². The summed E-state index contributed by atoms with van der Waals surface area (Å²) in [5.74, 6) is -0.887. The highest BCUT2D eigenvalue weighted by atomic mass is 16.6. The van der Waals surface area contributed by atoms with E-state index in [1.165, 1.54) is 0 Å². The van der Waals surface area contributed by atoms with Gasteiger partial charge in [0.1, 0.15) is 12.4 Å². The molecule has 1 aromatic rings. The Hall–Kier alpha value is -2.60. The third-order valence-corrected chi connectivity index (χ3v) is 6.09. The molecule has 2 unspecified atom stereocenters. The Labute approximate surface area is 176 Å². The van der Waals surface area contributed by atoms with Crippen molar-refractivity contribution in [2.45, 2.75) is 58.5 Å². The third-order valence-electron chi connectivity index (χ3n) is 6.09. The molecule has 0 radical (unpaired) electrons. The Kier molecular flexibility index (Phi) is 5.45. The number of hydrogen-bond donors (Lipinski definition) is 2. The van der Waals surface area contributed by atoms with Crippen molar-refractivity contribution in [1.82, 2.24) is 5.32 Å². The molecule has 3 aliphatic rings. The maximum Gasteiger partial charge on any atom is 0.336 e. The van der Waals surface area contributed by atoms with Crippen molar-refractivity contribution in [3.63, 3.8) is 0 Å². The first-order valence-corrected chi connectivity index (χ1v) is 10.6. The molecule has 2 N–H and O–H groups in total. The standard InChI is InChI=1S/C24H29NO5/c1-14-20(23(28)30-13-17-8-5-9-29-17)21(15-6-4-7-16(26)10-15)22-18(25-14)11-24(2,3)12-19(22)27/h4,6-7,10,17,21,25-26H,5,8-9,11-13H2,1-3H3. The molecule has 0 saturated carbocycles. The van der Waals surface area contributed by atoms with E-state index >= 15 is 0 Å². The number of phenolic OH excluding ortho intramolecular Hbond substituents is 1. The van der Waals surface area contributed by atoms with E-state index in [2.05, 4.69) is 19.2 Å². The molecular formula is C24H29NO5. The second-order valence-electron chi connectivity index (χ2n) is 9.26. The summed E-state index contributed by atoms with van der Waals surface area (Å²) in [5.41, 5.74) is 3.13. The van der Waals surface area contributed by atoms with E-state index in [4.69, 9.17) is 9.47 Å². The van der Waals surface area contributed by atoms with E-state index in [0.717, 1.165) is 25.0 Å². The number of phenols is 1. The van der Waals surface area contributed by atoms with Crippen molar-refractivity contribution < 1.29 is 24.2 Å². The molecule has 1 fully saturated rings. The summed E-state index contributed by atoms with van der Waals surface area (Å²) in [6, 6.07) is 6.77. The molecule has 6 heteroatoms. The van der Waals surface area contributed by atoms with Crippen LogP contribution in [0, 0.1) is 5.41 Å². The van der Waals surface area contributed by atoms with Crippen molar-refractivity contribution in [1.29, 1.82) is 0 Å². The minimum Gasteiger partial charge on any atom is -0.508 e. The van der Waals surface area contributed by atoms with Gasteiger partial charge in [-0.1, -0.05) is 26.0 Å². The maximum absolute atomic E-state index is 13.2. The number of ketones is 1. The van der Waals surface area contributed by atoms with Crippen LogP contribution in [0.3, 0.4) is 0 Å². The SMILES string of the molecule is CC1=C(C(=O)OCC2CCCO2)C(c2cccc(O)c2)C2=C(CC(C)(C)CC2=O)N1. The van der Waals surface area contributed by atoms with Gasteiger partial charge in [-0.3, -0.25) is 4.79 Å². The van der Waals surface area contributed by atoms with Crippen LogP contribution in [0.15, 0.2) is 46.8 Å². The number of nitrogens with one attached hydrogen (secondary N) is 1. The van der Waals surface area contributed by atoms with Gasteiger partial charge in [-0.25, -0.2) is 4.79 Å². The number of aromatic hydroxyl groups is 1. The topological polar surface area (TPSA) is 84.9 Å². The number of rotatable bonds is 4. The highest BCUT2D eigenvalue weighted by Crippen LogP contribution is 2.47. The summed E-state index contributed by atoms with van der Waals surface area (Å²) >= 11 is 0. The summed E-state index contributed by atoms with van der Waals surface area (Å²) < 4.78 is 11.2. The molecule has 0 amide bonds. The lowest BCUT2D eigenvalue weighted by atomic mass is 9.68. The van der Waals surface area contributed by atoms with Crippen molar-refractivity contribution in [2.24, 2.45) is 5.41 Å². The monoisotopic (exact) mass is 411 g/mol. The first-order chi connectivity index (χ1) is 14.2. The average Bonchev–Trinajstić information content (AvgIpc) is 3.17. The second-order valence-corrected chi connectivity index (χ2v) is 9.26. The van der Waals surface area contributed by atoms with Crippen LogP contribution in [0.1, 0.15) is 57.9 Å². The van der Waals surface area contributed by atoms with Gasteiger partial charge in [0, 0.05) is 35.9 Å². The zero-order valence-corrected chi connectivity index (χ0v) is 17.8. The molecule has 30 heavy (non-hydrogen) atoms. The van der Waals surface area contributed by atoms with Gasteiger partial charge in [0.15, 0.2) is 5.78 Å². The molecule has 1 saturated heterocycles. The Bertz CT molecular complexity index is 937. The highest BCUT2D eigenvalue weighted by molar-refractivity contribution is 6.04. The van der Waals surface area contributed by atoms with Crippen molar-refractivity contribution in [3.05, 3.63) is 52.4 Å². The minimum atomic E-state index is -0.561. The molecule has 2 aliphatic heterocycles. The van der Waals surface area contributed by atoms with Crippen molar-refractivity contribution in [2.75, 3.05) is 13.2 Å². The summed E-state index contributed by atoms with van der Waals surface area (Å²) in [6.45, 7) is 6.88. The quantitative estimate of drug-likeness (QED) is 0.735. The fourth-order valence-electron chi connectivity index (χ4n) is 4.77. The lowest BCUT2D eigenvalue weighted by Gasteiger charge is -2.39. The van der Waals surface area contributed by atoms with Crippen LogP contribution >= 0.6 is 0 Å². The lowest BCUT2D eigenvalue weighted by molar-refractivity contribution is -0.142. The zero-order chi connectivity index (χ0) is 21.5. The summed E-state index contributed by atoms with van der Waals surface area (Å²) in [7, 11) is 0. The van der Waals surface area contributed by atoms with E-state index in [0.29, 0.717) is 35.4 Å². The van der Waals surface area contributed by atoms with Crippen LogP contribution in [0.25, 0.3) is 0 Å². The van der Waals surface area contributed by atoms with Crippen molar-refractivity contribution in [3.8, 4) is 5.75 Å². The maximum atomic E-state index is 13.2. The van der Waals surface area contributed by atoms with E-state index in [1.807, 2.05) is 13.0 Å². The summed E-state index contributed by atoms with van der Waals surface area (Å²) in [6.07, 6.45) is 2.91. The Balaban J connectivity index is 1.72. The molecule has 0 bridgehead atoms. The first kappa shape index (κ1) is 20.7. The normalized spacial score (nSPS) is 25.8. The smallest absolute Gasteiger partial charge is 0.336 e. The van der Waals surface area contributed by atoms with Crippen LogP contribution in [-0.4, -0.2) is 36.2 Å². The molecule has 160 valence electrons. The fraction of sp³-hybridized carbons (Fsp3) is 0.500. The molecule has 0 aromatic heterocycles. The first-order valence-electron chi connectivity index (χ1n) is 10.6. The van der Waals surface area contributed by atoms with Gasteiger partial charge in [-0.2, -0.15) is 0 Å². The Morgan fingerprint density at radius 3 is 2.83 bits per heavy atom. The van der Waals surface area contributed by atoms with E-state index in [-0.39, 0.29) is 29.7 Å². The van der Waals surface area contributed by atoms with Crippen LogP contribution in [-0.2, 0) is 19.1 Å². The number of esters is 1. The molecule has 4 rings (SSSR count). The predicted octanol–water partition coefficient (Wildman–Crippen LogP) is 3.72. The Morgan fingerprint density at radius 2 is 2.13 bits per heavy atom. The Morgan fingerprint density at radius 1 is 1.33 bits per heavy atom. The largest absolute Gasteiger partial charge is 0.508 e. The minimum absolute atomic E-state index is 0.0269. The number of allylic oxidation sites excluding steroid dienone is 3. The van der Waals surface area contributed by atoms with Gasteiger partial charge in [0.05, 0.1) is 11.7 Å². The molecule has 2 heterocycles.